The van der Waals surface area contributed by atoms with Crippen LogP contribution in [0.25, 0.3) is 0 Å². The second kappa shape index (κ2) is 10.4. The van der Waals surface area contributed by atoms with Gasteiger partial charge < -0.3 is 34.0 Å². The summed E-state index contributed by atoms with van der Waals surface area (Å²) in [6.07, 6.45) is 0.338. The molecule has 0 fully saturated rings. The molecule has 2 aromatic carbocycles. The summed E-state index contributed by atoms with van der Waals surface area (Å²) in [5.41, 5.74) is 1.68. The molecule has 9 heteroatoms. The van der Waals surface area contributed by atoms with Gasteiger partial charge in [0.25, 0.3) is 5.91 Å². The van der Waals surface area contributed by atoms with E-state index in [1.54, 1.807) is 63.8 Å². The number of anilines is 2. The smallest absolute Gasteiger partial charge is 0.291 e. The Labute approximate surface area is 191 Å². The van der Waals surface area contributed by atoms with Gasteiger partial charge in [-0.3, -0.25) is 9.59 Å². The molecular weight excluding hydrogens is 428 g/mol. The third kappa shape index (κ3) is 5.57. The van der Waals surface area contributed by atoms with Crippen LogP contribution in [0.4, 0.5) is 11.4 Å². The number of hydrogen-bond donors (Lipinski definition) is 2. The molecule has 0 aliphatic rings. The molecular formula is C24H26N2O7. The molecule has 0 aliphatic carbocycles. The molecule has 174 valence electrons. The van der Waals surface area contributed by atoms with Crippen molar-refractivity contribution in [2.24, 2.45) is 0 Å². The normalized spacial score (nSPS) is 10.3. The van der Waals surface area contributed by atoms with Crippen LogP contribution in [0.15, 0.2) is 46.9 Å². The molecule has 0 radical (unpaired) electrons. The lowest BCUT2D eigenvalue weighted by atomic mass is 10.1. The number of rotatable bonds is 9. The van der Waals surface area contributed by atoms with Crippen molar-refractivity contribution in [1.29, 1.82) is 0 Å². The summed E-state index contributed by atoms with van der Waals surface area (Å²) in [6.45, 7) is 1.40. The summed E-state index contributed by atoms with van der Waals surface area (Å²) in [5, 5.41) is 5.42. The minimum absolute atomic E-state index is 0.114. The molecule has 3 aromatic rings. The highest BCUT2D eigenvalue weighted by molar-refractivity contribution is 6.03. The van der Waals surface area contributed by atoms with E-state index in [4.69, 9.17) is 23.4 Å². The minimum atomic E-state index is -0.465. The number of methoxy groups -OCH3 is 4. The summed E-state index contributed by atoms with van der Waals surface area (Å²) in [7, 11) is 6.16. The Kier molecular flexibility index (Phi) is 7.45. The first kappa shape index (κ1) is 23.5. The lowest BCUT2D eigenvalue weighted by molar-refractivity contribution is -0.114. The van der Waals surface area contributed by atoms with E-state index in [0.29, 0.717) is 46.6 Å². The predicted molar refractivity (Wildman–Crippen MR) is 123 cm³/mol. The van der Waals surface area contributed by atoms with Crippen LogP contribution in [0.1, 0.15) is 28.8 Å². The van der Waals surface area contributed by atoms with Crippen molar-refractivity contribution in [2.45, 2.75) is 13.3 Å². The molecule has 9 nitrogen and oxygen atoms in total. The van der Waals surface area contributed by atoms with Crippen LogP contribution >= 0.6 is 0 Å². The van der Waals surface area contributed by atoms with Gasteiger partial charge in [0.2, 0.25) is 5.91 Å². The largest absolute Gasteiger partial charge is 0.496 e. The van der Waals surface area contributed by atoms with Gasteiger partial charge in [-0.2, -0.15) is 0 Å². The molecule has 0 saturated carbocycles. The molecule has 0 unspecified atom stereocenters. The monoisotopic (exact) mass is 454 g/mol. The summed E-state index contributed by atoms with van der Waals surface area (Å²) in [5.74, 6) is 2.16. The fourth-order valence-corrected chi connectivity index (χ4v) is 3.29. The van der Waals surface area contributed by atoms with Gasteiger partial charge >= 0.3 is 0 Å². The van der Waals surface area contributed by atoms with Gasteiger partial charge in [-0.15, -0.1) is 0 Å². The zero-order valence-electron chi connectivity index (χ0n) is 19.1. The van der Waals surface area contributed by atoms with Gasteiger partial charge in [-0.1, -0.05) is 0 Å². The van der Waals surface area contributed by atoms with Crippen molar-refractivity contribution >= 4 is 23.2 Å². The highest BCUT2D eigenvalue weighted by Crippen LogP contribution is 2.36. The van der Waals surface area contributed by atoms with Crippen LogP contribution in [0.2, 0.25) is 0 Å². The van der Waals surface area contributed by atoms with Crippen molar-refractivity contribution < 1.29 is 33.0 Å². The Morgan fingerprint density at radius 3 is 2.06 bits per heavy atom. The summed E-state index contributed by atoms with van der Waals surface area (Å²) in [6, 6.07) is 11.7. The van der Waals surface area contributed by atoms with E-state index < -0.39 is 5.91 Å². The van der Waals surface area contributed by atoms with E-state index in [1.165, 1.54) is 14.0 Å². The van der Waals surface area contributed by atoms with E-state index >= 15 is 0 Å². The molecule has 3 rings (SSSR count). The maximum atomic E-state index is 12.8. The third-order valence-electron chi connectivity index (χ3n) is 4.82. The molecule has 1 aromatic heterocycles. The van der Waals surface area contributed by atoms with Crippen molar-refractivity contribution in [2.75, 3.05) is 39.1 Å². The number of hydrogen-bond acceptors (Lipinski definition) is 7. The predicted octanol–water partition coefficient (Wildman–Crippen LogP) is 4.12. The van der Waals surface area contributed by atoms with E-state index in [0.717, 1.165) is 5.56 Å². The lowest BCUT2D eigenvalue weighted by Gasteiger charge is -2.14. The van der Waals surface area contributed by atoms with Crippen LogP contribution in [-0.2, 0) is 11.2 Å². The molecule has 0 spiro atoms. The Hall–Kier alpha value is -4.14. The van der Waals surface area contributed by atoms with Gasteiger partial charge in [0, 0.05) is 36.7 Å². The standard InChI is InChI=1S/C24H26N2O7/c1-14(27)25-15-6-8-20(30-3)19(10-15)26-24(28)21-9-7-16(33-21)11-18-22(31-4)12-17(29-2)13-23(18)32-5/h6-10,12-13H,11H2,1-5H3,(H,25,27)(H,26,28). The molecule has 2 N–H and O–H groups in total. The molecule has 1 heterocycles. The van der Waals surface area contributed by atoms with E-state index in [1.807, 2.05) is 0 Å². The van der Waals surface area contributed by atoms with Crippen molar-refractivity contribution in [3.05, 3.63) is 59.5 Å². The second-order valence-corrected chi connectivity index (χ2v) is 7.00. The van der Waals surface area contributed by atoms with Crippen LogP contribution in [0, 0.1) is 0 Å². The molecule has 0 atom stereocenters. The average molecular weight is 454 g/mol. The first-order valence-electron chi connectivity index (χ1n) is 10.0. The number of carbonyl (C=O) groups is 2. The fourth-order valence-electron chi connectivity index (χ4n) is 3.29. The Morgan fingerprint density at radius 1 is 0.818 bits per heavy atom. The number of ether oxygens (including phenoxy) is 4. The molecule has 0 saturated heterocycles. The van der Waals surface area contributed by atoms with E-state index in [9.17, 15) is 9.59 Å². The zero-order valence-corrected chi connectivity index (χ0v) is 19.1. The van der Waals surface area contributed by atoms with Gasteiger partial charge in [-0.05, 0) is 30.3 Å². The SMILES string of the molecule is COc1cc(OC)c(Cc2ccc(C(=O)Nc3cc(NC(C)=O)ccc3OC)o2)c(OC)c1. The maximum Gasteiger partial charge on any atom is 0.291 e. The maximum absolute atomic E-state index is 12.8. The minimum Gasteiger partial charge on any atom is -0.496 e. The second-order valence-electron chi connectivity index (χ2n) is 7.00. The fraction of sp³-hybridized carbons (Fsp3) is 0.250. The Balaban J connectivity index is 1.82. The van der Waals surface area contributed by atoms with E-state index in [-0.39, 0.29) is 11.7 Å². The first-order chi connectivity index (χ1) is 15.9. The number of benzene rings is 2. The molecule has 0 aliphatic heterocycles. The topological polar surface area (TPSA) is 108 Å². The summed E-state index contributed by atoms with van der Waals surface area (Å²) >= 11 is 0. The quantitative estimate of drug-likeness (QED) is 0.501. The number of nitrogens with one attached hydrogen (secondary N) is 2. The average Bonchev–Trinajstić information content (AvgIpc) is 3.27. The number of furan rings is 1. The Morgan fingerprint density at radius 2 is 1.48 bits per heavy atom. The van der Waals surface area contributed by atoms with E-state index in [2.05, 4.69) is 10.6 Å². The summed E-state index contributed by atoms with van der Waals surface area (Å²) in [4.78, 5) is 24.1. The third-order valence-corrected chi connectivity index (χ3v) is 4.82. The highest BCUT2D eigenvalue weighted by atomic mass is 16.5. The van der Waals surface area contributed by atoms with Gasteiger partial charge in [0.15, 0.2) is 5.76 Å². The van der Waals surface area contributed by atoms with Crippen LogP contribution in [0.5, 0.6) is 23.0 Å². The first-order valence-corrected chi connectivity index (χ1v) is 10.0. The zero-order chi connectivity index (χ0) is 24.0. The molecule has 33 heavy (non-hydrogen) atoms. The molecule has 0 bridgehead atoms. The Bertz CT molecular complexity index is 1130. The van der Waals surface area contributed by atoms with Crippen molar-refractivity contribution in [3.8, 4) is 23.0 Å². The van der Waals surface area contributed by atoms with Crippen LogP contribution < -0.4 is 29.6 Å². The van der Waals surface area contributed by atoms with Crippen molar-refractivity contribution in [3.63, 3.8) is 0 Å². The van der Waals surface area contributed by atoms with Crippen LogP contribution in [-0.4, -0.2) is 40.3 Å². The number of carbonyl (C=O) groups excluding carboxylic acids is 2. The van der Waals surface area contributed by atoms with Gasteiger partial charge in [0.1, 0.15) is 28.8 Å². The molecule has 2 amide bonds. The lowest BCUT2D eigenvalue weighted by Crippen LogP contribution is -2.13. The van der Waals surface area contributed by atoms with Gasteiger partial charge in [0.05, 0.1) is 34.1 Å². The summed E-state index contributed by atoms with van der Waals surface area (Å²) < 4.78 is 27.3. The number of amides is 2. The van der Waals surface area contributed by atoms with Crippen LogP contribution in [0.3, 0.4) is 0 Å². The van der Waals surface area contributed by atoms with Crippen molar-refractivity contribution in [1.82, 2.24) is 0 Å². The van der Waals surface area contributed by atoms with Gasteiger partial charge in [-0.25, -0.2) is 0 Å². The highest BCUT2D eigenvalue weighted by Gasteiger charge is 2.18.